The number of ether oxygens (including phenoxy) is 1. The topological polar surface area (TPSA) is 125 Å². The smallest absolute Gasteiger partial charge is 0.408 e. The number of benzene rings is 2. The fourth-order valence-corrected chi connectivity index (χ4v) is 5.21. The molecule has 1 fully saturated rings. The van der Waals surface area contributed by atoms with Crippen LogP contribution < -0.4 is 10.6 Å². The Morgan fingerprint density at radius 3 is 2.37 bits per heavy atom. The number of aliphatic carboxylic acids is 1. The third kappa shape index (κ3) is 11.4. The van der Waals surface area contributed by atoms with Crippen molar-refractivity contribution in [2.75, 3.05) is 13.6 Å². The molecule has 0 aliphatic heterocycles. The zero-order chi connectivity index (χ0) is 29.6. The van der Waals surface area contributed by atoms with E-state index in [9.17, 15) is 24.3 Å². The van der Waals surface area contributed by atoms with Crippen LogP contribution in [0.5, 0.6) is 0 Å². The second kappa shape index (κ2) is 16.6. The molecule has 2 aromatic carbocycles. The van der Waals surface area contributed by atoms with Gasteiger partial charge >= 0.3 is 12.1 Å². The first-order chi connectivity index (χ1) is 19.7. The van der Waals surface area contributed by atoms with Gasteiger partial charge in [0.1, 0.15) is 18.7 Å². The van der Waals surface area contributed by atoms with E-state index in [-0.39, 0.29) is 31.3 Å². The molecule has 10 heteroatoms. The number of likely N-dealkylation sites (N-methyl/N-ethyl adjacent to an activating group) is 1. The maximum absolute atomic E-state index is 13.3. The molecule has 222 valence electrons. The first-order valence-corrected chi connectivity index (χ1v) is 14.6. The number of hydrogen-bond donors (Lipinski definition) is 3. The molecule has 1 aliphatic rings. The molecule has 0 heterocycles. The summed E-state index contributed by atoms with van der Waals surface area (Å²) in [4.78, 5) is 52.1. The Balaban J connectivity index is 1.55. The number of nitrogens with one attached hydrogen (secondary N) is 2. The van der Waals surface area contributed by atoms with Gasteiger partial charge in [-0.05, 0) is 48.4 Å². The summed E-state index contributed by atoms with van der Waals surface area (Å²) >= 11 is 5.99. The number of carbonyl (C=O) groups excluding carboxylic acids is 3. The highest BCUT2D eigenvalue weighted by Crippen LogP contribution is 2.27. The van der Waals surface area contributed by atoms with Gasteiger partial charge in [0.15, 0.2) is 0 Å². The molecule has 2 atom stereocenters. The van der Waals surface area contributed by atoms with Crippen LogP contribution in [0.3, 0.4) is 0 Å². The van der Waals surface area contributed by atoms with Crippen molar-refractivity contribution in [1.82, 2.24) is 15.5 Å². The van der Waals surface area contributed by atoms with Crippen molar-refractivity contribution in [3.05, 3.63) is 70.7 Å². The van der Waals surface area contributed by atoms with E-state index >= 15 is 0 Å². The van der Waals surface area contributed by atoms with Gasteiger partial charge in [0.25, 0.3) is 0 Å². The van der Waals surface area contributed by atoms with Gasteiger partial charge in [0.2, 0.25) is 11.8 Å². The molecular formula is C31H40ClN3O6. The first kappa shape index (κ1) is 31.9. The minimum atomic E-state index is -1.27. The molecule has 0 saturated heterocycles. The van der Waals surface area contributed by atoms with Crippen LogP contribution in [-0.2, 0) is 32.1 Å². The third-order valence-corrected chi connectivity index (χ3v) is 7.66. The highest BCUT2D eigenvalue weighted by Gasteiger charge is 2.30. The van der Waals surface area contributed by atoms with Crippen LogP contribution in [0.25, 0.3) is 0 Å². The van der Waals surface area contributed by atoms with Gasteiger partial charge < -0.3 is 25.4 Å². The van der Waals surface area contributed by atoms with Gasteiger partial charge in [-0.15, -0.1) is 0 Å². The second-order valence-electron chi connectivity index (χ2n) is 10.6. The van der Waals surface area contributed by atoms with E-state index in [2.05, 4.69) is 10.6 Å². The minimum Gasteiger partial charge on any atom is -0.480 e. The lowest BCUT2D eigenvalue weighted by Gasteiger charge is -2.27. The number of carboxylic acids is 1. The van der Waals surface area contributed by atoms with E-state index in [0.717, 1.165) is 37.7 Å². The lowest BCUT2D eigenvalue weighted by Crippen LogP contribution is -2.52. The molecule has 9 nitrogen and oxygen atoms in total. The van der Waals surface area contributed by atoms with Gasteiger partial charge in [0, 0.05) is 25.0 Å². The Hall–Kier alpha value is -3.59. The monoisotopic (exact) mass is 585 g/mol. The minimum absolute atomic E-state index is 0.0260. The van der Waals surface area contributed by atoms with E-state index in [1.807, 2.05) is 30.3 Å². The number of alkyl carbamates (subject to hydrolysis) is 1. The Morgan fingerprint density at radius 1 is 0.976 bits per heavy atom. The van der Waals surface area contributed by atoms with Gasteiger partial charge in [0.05, 0.1) is 0 Å². The normalized spacial score (nSPS) is 14.9. The average Bonchev–Trinajstić information content (AvgIpc) is 2.97. The Morgan fingerprint density at radius 2 is 1.68 bits per heavy atom. The molecule has 0 radical (unpaired) electrons. The van der Waals surface area contributed by atoms with E-state index in [4.69, 9.17) is 16.3 Å². The summed E-state index contributed by atoms with van der Waals surface area (Å²) in [5.74, 6) is -1.82. The maximum atomic E-state index is 13.3. The van der Waals surface area contributed by atoms with Crippen molar-refractivity contribution < 1.29 is 29.0 Å². The molecule has 41 heavy (non-hydrogen) atoms. The van der Waals surface area contributed by atoms with E-state index in [1.54, 1.807) is 36.2 Å². The molecule has 0 spiro atoms. The highest BCUT2D eigenvalue weighted by atomic mass is 35.5. The Bertz CT molecular complexity index is 1160. The van der Waals surface area contributed by atoms with Gasteiger partial charge in [-0.3, -0.25) is 9.59 Å². The molecule has 3 amide bonds. The number of halogens is 1. The van der Waals surface area contributed by atoms with Gasteiger partial charge in [-0.1, -0.05) is 86.2 Å². The summed E-state index contributed by atoms with van der Waals surface area (Å²) in [5, 5.41) is 15.5. The zero-order valence-corrected chi connectivity index (χ0v) is 24.3. The van der Waals surface area contributed by atoms with Crippen molar-refractivity contribution in [3.8, 4) is 0 Å². The lowest BCUT2D eigenvalue weighted by atomic mass is 9.84. The van der Waals surface area contributed by atoms with Crippen LogP contribution in [0.2, 0.25) is 5.02 Å². The summed E-state index contributed by atoms with van der Waals surface area (Å²) < 4.78 is 5.31. The van der Waals surface area contributed by atoms with Crippen LogP contribution in [0, 0.1) is 5.92 Å². The maximum Gasteiger partial charge on any atom is 0.408 e. The Labute approximate surface area is 246 Å². The predicted molar refractivity (Wildman–Crippen MR) is 156 cm³/mol. The molecule has 1 aliphatic carbocycles. The molecule has 1 saturated carbocycles. The number of hydrogen-bond acceptors (Lipinski definition) is 5. The summed E-state index contributed by atoms with van der Waals surface area (Å²) in [5.41, 5.74) is 1.80. The molecule has 3 N–H and O–H groups in total. The van der Waals surface area contributed by atoms with Crippen molar-refractivity contribution in [2.45, 2.75) is 76.5 Å². The summed E-state index contributed by atoms with van der Waals surface area (Å²) in [7, 11) is 1.68. The van der Waals surface area contributed by atoms with E-state index in [1.165, 1.54) is 0 Å². The van der Waals surface area contributed by atoms with Gasteiger partial charge in [-0.25, -0.2) is 9.59 Å². The summed E-state index contributed by atoms with van der Waals surface area (Å²) in [6, 6.07) is 14.4. The van der Waals surface area contributed by atoms with Crippen LogP contribution in [-0.4, -0.2) is 59.6 Å². The zero-order valence-electron chi connectivity index (χ0n) is 23.5. The number of rotatable bonds is 14. The van der Waals surface area contributed by atoms with E-state index in [0.29, 0.717) is 30.0 Å². The molecule has 2 aromatic rings. The first-order valence-electron chi connectivity index (χ1n) is 14.2. The lowest BCUT2D eigenvalue weighted by molar-refractivity contribution is -0.142. The molecule has 3 rings (SSSR count). The predicted octanol–water partition coefficient (Wildman–Crippen LogP) is 4.96. The fraction of sp³-hybridized carbons (Fsp3) is 0.484. The quantitative estimate of drug-likeness (QED) is 0.288. The number of carboxylic acid groups (broad SMARTS) is 1. The SMILES string of the molecule is CN(CCc1ccccc1)C(=O)CCC(NC(=O)C(CC1CCCCC1)NC(=O)OCc1cccc(Cl)c1)C(=O)O. The van der Waals surface area contributed by atoms with E-state index < -0.39 is 30.1 Å². The molecule has 2 unspecified atom stereocenters. The van der Waals surface area contributed by atoms with Crippen LogP contribution in [0.4, 0.5) is 4.79 Å². The molecule has 0 bridgehead atoms. The highest BCUT2D eigenvalue weighted by molar-refractivity contribution is 6.30. The van der Waals surface area contributed by atoms with Gasteiger partial charge in [-0.2, -0.15) is 0 Å². The van der Waals surface area contributed by atoms with Crippen LogP contribution >= 0.6 is 11.6 Å². The summed E-state index contributed by atoms with van der Waals surface area (Å²) in [6.45, 7) is 0.472. The standard InChI is InChI=1S/C31H40ClN3O6/c1-35(18-17-22-9-4-2-5-10-22)28(36)16-15-26(30(38)39)33-29(37)27(20-23-11-6-3-7-12-23)34-31(40)41-21-24-13-8-14-25(32)19-24/h2,4-5,8-10,13-14,19,23,26-27H,3,6-7,11-12,15-18,20-21H2,1H3,(H,33,37)(H,34,40)(H,38,39). The second-order valence-corrected chi connectivity index (χ2v) is 11.1. The van der Waals surface area contributed by atoms with Crippen LogP contribution in [0.1, 0.15) is 62.5 Å². The molecular weight excluding hydrogens is 546 g/mol. The third-order valence-electron chi connectivity index (χ3n) is 7.43. The fourth-order valence-electron chi connectivity index (χ4n) is 5.00. The number of amides is 3. The number of nitrogens with zero attached hydrogens (tertiary/aromatic N) is 1. The van der Waals surface area contributed by atoms with Crippen molar-refractivity contribution in [2.24, 2.45) is 5.92 Å². The van der Waals surface area contributed by atoms with Crippen LogP contribution in [0.15, 0.2) is 54.6 Å². The average molecular weight is 586 g/mol. The molecule has 0 aromatic heterocycles. The summed E-state index contributed by atoms with van der Waals surface area (Å²) in [6.07, 6.45) is 5.31. The van der Waals surface area contributed by atoms with Crippen molar-refractivity contribution in [3.63, 3.8) is 0 Å². The number of carbonyl (C=O) groups is 4. The van der Waals surface area contributed by atoms with Crippen molar-refractivity contribution >= 4 is 35.5 Å². The van der Waals surface area contributed by atoms with Crippen molar-refractivity contribution in [1.29, 1.82) is 0 Å². The Kier molecular flexibility index (Phi) is 12.9. The largest absolute Gasteiger partial charge is 0.480 e.